The molecule has 2 aromatic rings. The predicted octanol–water partition coefficient (Wildman–Crippen LogP) is 6.32. The van der Waals surface area contributed by atoms with Crippen molar-refractivity contribution in [2.45, 2.75) is 89.9 Å². The van der Waals surface area contributed by atoms with Gasteiger partial charge >= 0.3 is 0 Å². The van der Waals surface area contributed by atoms with E-state index in [1.807, 2.05) is 6.07 Å². The highest BCUT2D eigenvalue weighted by Crippen LogP contribution is 2.50. The van der Waals surface area contributed by atoms with E-state index in [9.17, 15) is 0 Å². The summed E-state index contributed by atoms with van der Waals surface area (Å²) in [5.74, 6) is 2.41. The van der Waals surface area contributed by atoms with E-state index in [1.165, 1.54) is 25.7 Å². The van der Waals surface area contributed by atoms with Crippen LogP contribution in [-0.4, -0.2) is 5.16 Å². The summed E-state index contributed by atoms with van der Waals surface area (Å²) in [6, 6.07) is 7.18. The molecule has 4 rings (SSSR count). The average Bonchev–Trinajstić information content (AvgIpc) is 3.32. The molecule has 1 unspecified atom stereocenters. The molecule has 1 fully saturated rings. The summed E-state index contributed by atoms with van der Waals surface area (Å²) in [6.07, 6.45) is 9.13. The lowest BCUT2D eigenvalue weighted by molar-refractivity contribution is 0.330. The van der Waals surface area contributed by atoms with E-state index in [2.05, 4.69) is 51.9 Å². The summed E-state index contributed by atoms with van der Waals surface area (Å²) in [5.41, 5.74) is 6.86. The van der Waals surface area contributed by atoms with E-state index in [4.69, 9.17) is 4.52 Å². The van der Waals surface area contributed by atoms with E-state index in [1.54, 1.807) is 28.5 Å². The Morgan fingerprint density at radius 2 is 1.73 bits per heavy atom. The van der Waals surface area contributed by atoms with Gasteiger partial charge in [0.05, 0.1) is 6.20 Å². The van der Waals surface area contributed by atoms with Crippen LogP contribution in [0, 0.1) is 5.92 Å². The van der Waals surface area contributed by atoms with E-state index < -0.39 is 0 Å². The number of benzene rings is 1. The van der Waals surface area contributed by atoms with Gasteiger partial charge in [-0.05, 0) is 77.0 Å². The third-order valence-electron chi connectivity index (χ3n) is 7.00. The van der Waals surface area contributed by atoms with Gasteiger partial charge in [-0.15, -0.1) is 0 Å². The Bertz CT molecular complexity index is 781. The molecule has 0 radical (unpaired) electrons. The van der Waals surface area contributed by atoms with Gasteiger partial charge in [-0.3, -0.25) is 0 Å². The van der Waals surface area contributed by atoms with Gasteiger partial charge in [-0.1, -0.05) is 51.9 Å². The highest BCUT2D eigenvalue weighted by molar-refractivity contribution is 5.49. The molecule has 1 saturated carbocycles. The SMILES string of the molecule is CCc1cc2c(cc1C(Cc1ccno1)C1CC1)C(C)(C)CCC2(C)C. The van der Waals surface area contributed by atoms with Crippen molar-refractivity contribution in [1.82, 2.24) is 5.16 Å². The fourth-order valence-electron chi connectivity index (χ4n) is 4.92. The van der Waals surface area contributed by atoms with Crippen molar-refractivity contribution >= 4 is 0 Å². The Labute approximate surface area is 158 Å². The summed E-state index contributed by atoms with van der Waals surface area (Å²) < 4.78 is 5.47. The van der Waals surface area contributed by atoms with Crippen molar-refractivity contribution < 1.29 is 4.52 Å². The van der Waals surface area contributed by atoms with Crippen molar-refractivity contribution in [3.05, 3.63) is 52.4 Å². The third kappa shape index (κ3) is 3.12. The molecule has 0 N–H and O–H groups in total. The molecule has 2 aliphatic rings. The Morgan fingerprint density at radius 3 is 2.27 bits per heavy atom. The van der Waals surface area contributed by atoms with Gasteiger partial charge in [0.15, 0.2) is 0 Å². The highest BCUT2D eigenvalue weighted by atomic mass is 16.5. The largest absolute Gasteiger partial charge is 0.361 e. The maximum atomic E-state index is 5.47. The average molecular weight is 352 g/mol. The fourth-order valence-corrected chi connectivity index (χ4v) is 4.92. The highest BCUT2D eigenvalue weighted by Gasteiger charge is 2.40. The van der Waals surface area contributed by atoms with E-state index >= 15 is 0 Å². The molecule has 2 nitrogen and oxygen atoms in total. The van der Waals surface area contributed by atoms with Crippen LogP contribution >= 0.6 is 0 Å². The smallest absolute Gasteiger partial charge is 0.137 e. The molecule has 0 aliphatic heterocycles. The van der Waals surface area contributed by atoms with E-state index in [-0.39, 0.29) is 10.8 Å². The number of nitrogens with zero attached hydrogens (tertiary/aromatic N) is 1. The zero-order valence-corrected chi connectivity index (χ0v) is 17.1. The molecule has 1 aromatic heterocycles. The van der Waals surface area contributed by atoms with Crippen LogP contribution in [0.25, 0.3) is 0 Å². The summed E-state index contributed by atoms with van der Waals surface area (Å²) in [4.78, 5) is 0. The maximum Gasteiger partial charge on any atom is 0.137 e. The molecule has 2 aliphatic carbocycles. The lowest BCUT2D eigenvalue weighted by atomic mass is 9.62. The first-order valence-corrected chi connectivity index (χ1v) is 10.4. The Kier molecular flexibility index (Phi) is 4.28. The Hall–Kier alpha value is -1.57. The van der Waals surface area contributed by atoms with Gasteiger partial charge in [0.2, 0.25) is 0 Å². The second-order valence-corrected chi connectivity index (χ2v) is 9.84. The molecule has 0 amide bonds. The van der Waals surface area contributed by atoms with Crippen LogP contribution < -0.4 is 0 Å². The van der Waals surface area contributed by atoms with Gasteiger partial charge in [0.25, 0.3) is 0 Å². The zero-order chi connectivity index (χ0) is 18.5. The molecule has 0 spiro atoms. The van der Waals surface area contributed by atoms with Crippen LogP contribution in [-0.2, 0) is 23.7 Å². The van der Waals surface area contributed by atoms with Crippen LogP contribution in [0.1, 0.15) is 94.2 Å². The first-order chi connectivity index (χ1) is 12.3. The van der Waals surface area contributed by atoms with Crippen molar-refractivity contribution in [1.29, 1.82) is 0 Å². The molecule has 0 saturated heterocycles. The van der Waals surface area contributed by atoms with Crippen LogP contribution in [0.2, 0.25) is 0 Å². The number of aromatic nitrogens is 1. The monoisotopic (exact) mass is 351 g/mol. The van der Waals surface area contributed by atoms with E-state index in [0.717, 1.165) is 24.5 Å². The van der Waals surface area contributed by atoms with Crippen LogP contribution in [0.3, 0.4) is 0 Å². The topological polar surface area (TPSA) is 26.0 Å². The standard InChI is InChI=1S/C24H33NO/c1-6-16-13-21-22(24(4,5)11-10-23(21,2)3)15-20(16)19(17-7-8-17)14-18-9-12-25-26-18/h9,12-13,15,17,19H,6-8,10-11,14H2,1-5H3. The Balaban J connectivity index is 1.82. The summed E-state index contributed by atoms with van der Waals surface area (Å²) in [6.45, 7) is 12.0. The van der Waals surface area contributed by atoms with Crippen LogP contribution in [0.4, 0.5) is 0 Å². The van der Waals surface area contributed by atoms with Crippen LogP contribution in [0.15, 0.2) is 28.9 Å². The summed E-state index contributed by atoms with van der Waals surface area (Å²) in [5, 5.41) is 3.93. The summed E-state index contributed by atoms with van der Waals surface area (Å²) >= 11 is 0. The van der Waals surface area contributed by atoms with Gasteiger partial charge in [-0.2, -0.15) is 0 Å². The molecule has 1 aromatic carbocycles. The molecule has 140 valence electrons. The number of hydrogen-bond donors (Lipinski definition) is 0. The first-order valence-electron chi connectivity index (χ1n) is 10.4. The van der Waals surface area contributed by atoms with Crippen molar-refractivity contribution in [3.8, 4) is 0 Å². The zero-order valence-electron chi connectivity index (χ0n) is 17.1. The van der Waals surface area contributed by atoms with E-state index in [0.29, 0.717) is 5.92 Å². The molecular weight excluding hydrogens is 318 g/mol. The minimum absolute atomic E-state index is 0.270. The number of fused-ring (bicyclic) bond motifs is 1. The molecule has 0 bridgehead atoms. The first kappa shape index (κ1) is 17.8. The van der Waals surface area contributed by atoms with Crippen LogP contribution in [0.5, 0.6) is 0 Å². The van der Waals surface area contributed by atoms with Crippen molar-refractivity contribution in [2.75, 3.05) is 0 Å². The minimum atomic E-state index is 0.270. The third-order valence-corrected chi connectivity index (χ3v) is 7.00. The molecule has 2 heteroatoms. The molecular formula is C24H33NO. The fraction of sp³-hybridized carbons (Fsp3) is 0.625. The number of hydrogen-bond acceptors (Lipinski definition) is 2. The normalized spacial score (nSPS) is 22.0. The van der Waals surface area contributed by atoms with Gasteiger partial charge in [0.1, 0.15) is 5.76 Å². The lowest BCUT2D eigenvalue weighted by Gasteiger charge is -2.43. The van der Waals surface area contributed by atoms with Gasteiger partial charge in [-0.25, -0.2) is 0 Å². The number of aryl methyl sites for hydroxylation is 1. The Morgan fingerprint density at radius 1 is 1.08 bits per heavy atom. The molecule has 26 heavy (non-hydrogen) atoms. The van der Waals surface area contributed by atoms with Crippen molar-refractivity contribution in [3.63, 3.8) is 0 Å². The lowest BCUT2D eigenvalue weighted by Crippen LogP contribution is -2.34. The van der Waals surface area contributed by atoms with Crippen molar-refractivity contribution in [2.24, 2.45) is 5.92 Å². The minimum Gasteiger partial charge on any atom is -0.361 e. The summed E-state index contributed by atoms with van der Waals surface area (Å²) in [7, 11) is 0. The van der Waals surface area contributed by atoms with Gasteiger partial charge in [0, 0.05) is 12.5 Å². The second-order valence-electron chi connectivity index (χ2n) is 9.84. The molecule has 1 heterocycles. The number of rotatable bonds is 5. The maximum absolute atomic E-state index is 5.47. The quantitative estimate of drug-likeness (QED) is 0.630. The molecule has 1 atom stereocenters. The second kappa shape index (κ2) is 6.25. The predicted molar refractivity (Wildman–Crippen MR) is 107 cm³/mol. The van der Waals surface area contributed by atoms with Gasteiger partial charge < -0.3 is 4.52 Å².